The highest BCUT2D eigenvalue weighted by Gasteiger charge is 2.33. The highest BCUT2D eigenvalue weighted by Crippen LogP contribution is 2.34. The molecule has 34 heavy (non-hydrogen) atoms. The minimum Gasteiger partial charge on any atom is -0.493 e. The molecular weight excluding hydrogens is 436 g/mol. The van der Waals surface area contributed by atoms with E-state index in [1.54, 1.807) is 30.3 Å². The number of aromatic nitrogens is 5. The Hall–Kier alpha value is -4.15. The molecule has 0 bridgehead atoms. The van der Waals surface area contributed by atoms with Crippen LogP contribution in [-0.2, 0) is 7.05 Å². The van der Waals surface area contributed by atoms with E-state index in [0.717, 1.165) is 17.9 Å². The van der Waals surface area contributed by atoms with Crippen molar-refractivity contribution in [2.24, 2.45) is 18.7 Å². The third-order valence-electron chi connectivity index (χ3n) is 6.09. The number of rotatable bonds is 8. The van der Waals surface area contributed by atoms with Gasteiger partial charge in [-0.3, -0.25) is 9.48 Å². The number of anilines is 3. The predicted octanol–water partition coefficient (Wildman–Crippen LogP) is 2.59. The Morgan fingerprint density at radius 3 is 2.85 bits per heavy atom. The van der Waals surface area contributed by atoms with Crippen LogP contribution in [0.5, 0.6) is 5.75 Å². The molecule has 0 unspecified atom stereocenters. The third kappa shape index (κ3) is 4.00. The SMILES string of the molecule is Cn1cc(Nc2ncc(C3CN(c4nc5ccc(OCC6CC6)cc5o4)C3)nc2C(N)=O)cn1. The summed E-state index contributed by atoms with van der Waals surface area (Å²) < 4.78 is 13.5. The van der Waals surface area contributed by atoms with Gasteiger partial charge in [-0.1, -0.05) is 0 Å². The van der Waals surface area contributed by atoms with Crippen molar-refractivity contribution in [3.63, 3.8) is 0 Å². The molecule has 6 rings (SSSR count). The zero-order valence-electron chi connectivity index (χ0n) is 18.6. The lowest BCUT2D eigenvalue weighted by atomic mass is 9.97. The number of fused-ring (bicyclic) bond motifs is 1. The molecule has 1 aliphatic heterocycles. The van der Waals surface area contributed by atoms with Gasteiger partial charge in [0.2, 0.25) is 0 Å². The van der Waals surface area contributed by atoms with Crippen molar-refractivity contribution >= 4 is 34.5 Å². The van der Waals surface area contributed by atoms with Crippen molar-refractivity contribution in [2.45, 2.75) is 18.8 Å². The number of ether oxygens (including phenoxy) is 1. The Labute approximate surface area is 194 Å². The number of nitrogens with one attached hydrogen (secondary N) is 1. The summed E-state index contributed by atoms with van der Waals surface area (Å²) in [6.07, 6.45) is 7.57. The van der Waals surface area contributed by atoms with E-state index in [4.69, 9.17) is 14.9 Å². The first-order valence-electron chi connectivity index (χ1n) is 11.2. The van der Waals surface area contributed by atoms with Crippen LogP contribution in [0.2, 0.25) is 0 Å². The molecule has 2 fully saturated rings. The van der Waals surface area contributed by atoms with Gasteiger partial charge < -0.3 is 25.1 Å². The fourth-order valence-corrected chi connectivity index (χ4v) is 3.92. The number of amides is 1. The van der Waals surface area contributed by atoms with E-state index in [-0.39, 0.29) is 11.6 Å². The maximum absolute atomic E-state index is 12.0. The molecule has 0 atom stereocenters. The zero-order valence-corrected chi connectivity index (χ0v) is 18.6. The van der Waals surface area contributed by atoms with Crippen molar-refractivity contribution in [1.29, 1.82) is 0 Å². The number of carbonyl (C=O) groups excluding carboxylic acids is 1. The number of hydrogen-bond acceptors (Lipinski definition) is 9. The largest absolute Gasteiger partial charge is 0.493 e. The maximum Gasteiger partial charge on any atom is 0.298 e. The highest BCUT2D eigenvalue weighted by atomic mass is 16.5. The van der Waals surface area contributed by atoms with Gasteiger partial charge in [-0.2, -0.15) is 10.1 Å². The van der Waals surface area contributed by atoms with E-state index in [0.29, 0.717) is 47.8 Å². The minimum absolute atomic E-state index is 0.0884. The van der Waals surface area contributed by atoms with E-state index in [1.165, 1.54) is 12.8 Å². The van der Waals surface area contributed by atoms with Crippen molar-refractivity contribution in [3.8, 4) is 5.75 Å². The van der Waals surface area contributed by atoms with Crippen LogP contribution in [0, 0.1) is 5.92 Å². The molecule has 1 amide bonds. The van der Waals surface area contributed by atoms with Crippen LogP contribution in [0.15, 0.2) is 41.2 Å². The minimum atomic E-state index is -0.643. The number of aryl methyl sites for hydroxylation is 1. The van der Waals surface area contributed by atoms with Crippen LogP contribution in [0.1, 0.15) is 34.9 Å². The first-order valence-corrected chi connectivity index (χ1v) is 11.2. The van der Waals surface area contributed by atoms with E-state index in [2.05, 4.69) is 25.4 Å². The average molecular weight is 460 g/mol. The fraction of sp³-hybridized carbons (Fsp3) is 0.348. The molecule has 1 saturated heterocycles. The van der Waals surface area contributed by atoms with Crippen molar-refractivity contribution in [3.05, 3.63) is 48.2 Å². The summed E-state index contributed by atoms with van der Waals surface area (Å²) in [5.74, 6) is 1.25. The number of primary amides is 1. The molecule has 11 heteroatoms. The van der Waals surface area contributed by atoms with Crippen molar-refractivity contribution in [1.82, 2.24) is 24.7 Å². The summed E-state index contributed by atoms with van der Waals surface area (Å²) in [5.41, 5.74) is 8.56. The van der Waals surface area contributed by atoms with Crippen LogP contribution in [-0.4, -0.2) is 50.3 Å². The van der Waals surface area contributed by atoms with Gasteiger partial charge >= 0.3 is 0 Å². The number of nitrogens with two attached hydrogens (primary N) is 1. The Morgan fingerprint density at radius 1 is 1.26 bits per heavy atom. The summed E-state index contributed by atoms with van der Waals surface area (Å²) >= 11 is 0. The van der Waals surface area contributed by atoms with E-state index >= 15 is 0 Å². The number of benzene rings is 1. The quantitative estimate of drug-likeness (QED) is 0.406. The lowest BCUT2D eigenvalue weighted by Gasteiger charge is -2.37. The molecule has 11 nitrogen and oxygen atoms in total. The summed E-state index contributed by atoms with van der Waals surface area (Å²) in [7, 11) is 1.80. The number of hydrogen-bond donors (Lipinski definition) is 2. The molecule has 4 heterocycles. The fourth-order valence-electron chi connectivity index (χ4n) is 3.92. The van der Waals surface area contributed by atoms with Gasteiger partial charge in [0.25, 0.3) is 11.9 Å². The summed E-state index contributed by atoms with van der Waals surface area (Å²) in [4.78, 5) is 27.5. The van der Waals surface area contributed by atoms with Gasteiger partial charge in [-0.15, -0.1) is 0 Å². The second kappa shape index (κ2) is 8.01. The maximum atomic E-state index is 12.0. The average Bonchev–Trinajstić information content (AvgIpc) is 3.39. The van der Waals surface area contributed by atoms with Crippen LogP contribution in [0.3, 0.4) is 0 Å². The van der Waals surface area contributed by atoms with Gasteiger partial charge in [-0.25, -0.2) is 9.97 Å². The van der Waals surface area contributed by atoms with Crippen molar-refractivity contribution in [2.75, 3.05) is 29.9 Å². The summed E-state index contributed by atoms with van der Waals surface area (Å²) in [5, 5.41) is 7.14. The highest BCUT2D eigenvalue weighted by molar-refractivity contribution is 5.96. The van der Waals surface area contributed by atoms with Gasteiger partial charge in [0, 0.05) is 38.3 Å². The van der Waals surface area contributed by atoms with Gasteiger partial charge in [0.15, 0.2) is 17.1 Å². The number of nitrogens with zero attached hydrogens (tertiary/aromatic N) is 6. The lowest BCUT2D eigenvalue weighted by molar-refractivity contribution is 0.0995. The van der Waals surface area contributed by atoms with Gasteiger partial charge in [0.1, 0.15) is 11.3 Å². The van der Waals surface area contributed by atoms with E-state index in [9.17, 15) is 4.79 Å². The predicted molar refractivity (Wildman–Crippen MR) is 124 cm³/mol. The second-order valence-corrected chi connectivity index (χ2v) is 8.87. The van der Waals surface area contributed by atoms with Crippen LogP contribution >= 0.6 is 0 Å². The molecule has 1 saturated carbocycles. The van der Waals surface area contributed by atoms with Crippen LogP contribution in [0.25, 0.3) is 11.1 Å². The lowest BCUT2D eigenvalue weighted by Crippen LogP contribution is -2.45. The summed E-state index contributed by atoms with van der Waals surface area (Å²) in [6, 6.07) is 6.30. The molecule has 174 valence electrons. The van der Waals surface area contributed by atoms with Crippen LogP contribution < -0.4 is 20.7 Å². The number of oxazole rings is 1. The molecule has 0 radical (unpaired) electrons. The monoisotopic (exact) mass is 460 g/mol. The molecule has 0 spiro atoms. The standard InChI is InChI=1S/C23H24N8O3/c1-30-11-15(7-26-30)27-22-20(21(24)32)28-18(8-25-22)14-9-31(10-14)23-29-17-5-4-16(6-19(17)34-23)33-12-13-2-3-13/h4-8,11,13-14H,2-3,9-10,12H2,1H3,(H2,24,32)(H,25,27). The number of carbonyl (C=O) groups is 1. The molecule has 2 aliphatic rings. The molecule has 1 aromatic carbocycles. The Morgan fingerprint density at radius 2 is 2.12 bits per heavy atom. The zero-order chi connectivity index (χ0) is 23.2. The van der Waals surface area contributed by atoms with Crippen LogP contribution in [0.4, 0.5) is 17.5 Å². The van der Waals surface area contributed by atoms with Gasteiger partial charge in [-0.05, 0) is 30.9 Å². The first-order chi connectivity index (χ1) is 16.5. The third-order valence-corrected chi connectivity index (χ3v) is 6.09. The molecule has 4 aromatic rings. The van der Waals surface area contributed by atoms with E-state index < -0.39 is 5.91 Å². The Balaban J connectivity index is 1.14. The Bertz CT molecular complexity index is 1370. The van der Waals surface area contributed by atoms with Gasteiger partial charge in [0.05, 0.1) is 30.4 Å². The van der Waals surface area contributed by atoms with Crippen molar-refractivity contribution < 1.29 is 13.9 Å². The molecule has 3 aromatic heterocycles. The molecular formula is C23H24N8O3. The molecule has 1 aliphatic carbocycles. The Kier molecular flexibility index (Phi) is 4.82. The smallest absolute Gasteiger partial charge is 0.298 e. The van der Waals surface area contributed by atoms with E-state index in [1.807, 2.05) is 23.1 Å². The molecule has 3 N–H and O–H groups in total. The normalized spacial score (nSPS) is 16.0. The first kappa shape index (κ1) is 20.5. The second-order valence-electron chi connectivity index (χ2n) is 8.87. The summed E-state index contributed by atoms with van der Waals surface area (Å²) in [6.45, 7) is 2.06. The topological polar surface area (TPSA) is 137 Å².